The molecule has 0 saturated heterocycles. The van der Waals surface area contributed by atoms with E-state index in [9.17, 15) is 14.4 Å². The van der Waals surface area contributed by atoms with Crippen molar-refractivity contribution in [1.29, 1.82) is 0 Å². The summed E-state index contributed by atoms with van der Waals surface area (Å²) in [5.74, 6) is -1.85. The van der Waals surface area contributed by atoms with Gasteiger partial charge in [-0.2, -0.15) is 0 Å². The molecule has 0 aliphatic carbocycles. The predicted molar refractivity (Wildman–Crippen MR) is 81.9 cm³/mol. The lowest BCUT2D eigenvalue weighted by molar-refractivity contribution is -0.145. The number of nitrogens with one attached hydrogen (secondary N) is 1. The molecule has 7 nitrogen and oxygen atoms in total. The molecule has 7 heteroatoms. The molecular formula is C16H20N2O5. The maximum absolute atomic E-state index is 12.2. The van der Waals surface area contributed by atoms with Gasteiger partial charge in [-0.25, -0.2) is 4.79 Å². The van der Waals surface area contributed by atoms with Gasteiger partial charge in [0.25, 0.3) is 0 Å². The lowest BCUT2D eigenvalue weighted by Crippen LogP contribution is -2.46. The highest BCUT2D eigenvalue weighted by Gasteiger charge is 2.33. The van der Waals surface area contributed by atoms with Crippen LogP contribution in [0.2, 0.25) is 0 Å². The van der Waals surface area contributed by atoms with Crippen LogP contribution in [0.5, 0.6) is 0 Å². The molecule has 1 aromatic carbocycles. The van der Waals surface area contributed by atoms with Crippen LogP contribution in [0.1, 0.15) is 30.4 Å². The molecule has 1 atom stereocenters. The second-order valence-corrected chi connectivity index (χ2v) is 5.26. The third-order valence-corrected chi connectivity index (χ3v) is 3.67. The number of rotatable bonds is 5. The van der Waals surface area contributed by atoms with Crippen molar-refractivity contribution in [3.8, 4) is 0 Å². The summed E-state index contributed by atoms with van der Waals surface area (Å²) in [6, 6.07) is 7.07. The average Bonchev–Trinajstić information content (AvgIpc) is 2.53. The lowest BCUT2D eigenvalue weighted by atomic mass is 9.90. The lowest BCUT2D eigenvalue weighted by Gasteiger charge is -2.33. The zero-order valence-electron chi connectivity index (χ0n) is 12.9. The molecular weight excluding hydrogens is 300 g/mol. The van der Waals surface area contributed by atoms with Gasteiger partial charge in [0.15, 0.2) is 0 Å². The van der Waals surface area contributed by atoms with Crippen molar-refractivity contribution in [1.82, 2.24) is 10.2 Å². The molecule has 23 heavy (non-hydrogen) atoms. The predicted octanol–water partition coefficient (Wildman–Crippen LogP) is 1.33. The second-order valence-electron chi connectivity index (χ2n) is 5.26. The van der Waals surface area contributed by atoms with Crippen LogP contribution in [0.15, 0.2) is 24.3 Å². The number of carboxylic acids is 1. The van der Waals surface area contributed by atoms with E-state index in [0.717, 1.165) is 11.1 Å². The Bertz CT molecular complexity index is 602. The van der Waals surface area contributed by atoms with E-state index in [4.69, 9.17) is 9.84 Å². The Balaban J connectivity index is 2.11. The molecule has 0 aromatic heterocycles. The number of carbonyl (C=O) groups is 3. The highest BCUT2D eigenvalue weighted by atomic mass is 16.5. The topological polar surface area (TPSA) is 95.9 Å². The summed E-state index contributed by atoms with van der Waals surface area (Å²) >= 11 is 0. The van der Waals surface area contributed by atoms with Gasteiger partial charge >= 0.3 is 18.0 Å². The highest BCUT2D eigenvalue weighted by molar-refractivity contribution is 5.82. The third-order valence-electron chi connectivity index (χ3n) is 3.67. The molecule has 1 aliphatic heterocycles. The summed E-state index contributed by atoms with van der Waals surface area (Å²) < 4.78 is 5.10. The Morgan fingerprint density at radius 1 is 1.35 bits per heavy atom. The summed E-state index contributed by atoms with van der Waals surface area (Å²) in [7, 11) is 0. The number of carbonyl (C=O) groups excluding carboxylic acids is 2. The van der Waals surface area contributed by atoms with Crippen LogP contribution < -0.4 is 5.32 Å². The first-order chi connectivity index (χ1) is 11.0. The maximum atomic E-state index is 12.2. The van der Waals surface area contributed by atoms with Gasteiger partial charge in [-0.15, -0.1) is 0 Å². The molecule has 124 valence electrons. The number of ether oxygens (including phenoxy) is 1. The molecule has 2 amide bonds. The largest absolute Gasteiger partial charge is 0.481 e. The first-order valence-corrected chi connectivity index (χ1v) is 7.52. The van der Waals surface area contributed by atoms with Crippen LogP contribution in [0.25, 0.3) is 0 Å². The van der Waals surface area contributed by atoms with Gasteiger partial charge in [0.05, 0.1) is 18.9 Å². The average molecular weight is 320 g/mol. The first kappa shape index (κ1) is 16.8. The van der Waals surface area contributed by atoms with Crippen LogP contribution in [0.4, 0.5) is 4.79 Å². The fraction of sp³-hybridized carbons (Fsp3) is 0.438. The van der Waals surface area contributed by atoms with Crippen LogP contribution in [0.3, 0.4) is 0 Å². The molecule has 1 aromatic rings. The van der Waals surface area contributed by atoms with Crippen molar-refractivity contribution in [2.75, 3.05) is 19.7 Å². The van der Waals surface area contributed by atoms with Crippen molar-refractivity contribution in [2.45, 2.75) is 25.8 Å². The number of hydrogen-bond donors (Lipinski definition) is 2. The minimum atomic E-state index is -0.973. The second kappa shape index (κ2) is 7.62. The minimum Gasteiger partial charge on any atom is -0.481 e. The normalized spacial score (nSPS) is 16.4. The molecule has 0 spiro atoms. The number of carboxylic acid groups (broad SMARTS) is 1. The van der Waals surface area contributed by atoms with E-state index in [-0.39, 0.29) is 38.1 Å². The number of benzene rings is 1. The highest BCUT2D eigenvalue weighted by Crippen LogP contribution is 2.29. The van der Waals surface area contributed by atoms with Crippen LogP contribution >= 0.6 is 0 Å². The Morgan fingerprint density at radius 2 is 2.09 bits per heavy atom. The van der Waals surface area contributed by atoms with Crippen molar-refractivity contribution in [3.63, 3.8) is 0 Å². The van der Waals surface area contributed by atoms with Gasteiger partial charge in [0.2, 0.25) is 0 Å². The summed E-state index contributed by atoms with van der Waals surface area (Å²) in [4.78, 5) is 36.4. The van der Waals surface area contributed by atoms with Gasteiger partial charge < -0.3 is 20.1 Å². The zero-order valence-corrected chi connectivity index (χ0v) is 12.9. The summed E-state index contributed by atoms with van der Waals surface area (Å²) in [6.45, 7) is 2.67. The van der Waals surface area contributed by atoms with Crippen LogP contribution in [0, 0.1) is 0 Å². The third kappa shape index (κ3) is 4.21. The zero-order chi connectivity index (χ0) is 16.8. The summed E-state index contributed by atoms with van der Waals surface area (Å²) in [6.07, 6.45) is -0.141. The van der Waals surface area contributed by atoms with E-state index in [2.05, 4.69) is 5.32 Å². The smallest absolute Gasteiger partial charge is 0.317 e. The quantitative estimate of drug-likeness (QED) is 0.798. The molecule has 2 N–H and O–H groups in total. The Labute approximate surface area is 134 Å². The fourth-order valence-electron chi connectivity index (χ4n) is 2.59. The van der Waals surface area contributed by atoms with E-state index >= 15 is 0 Å². The standard InChI is InChI=1S/C16H20N2O5/c1-2-23-15(21)13-10-18(16(22)17-8-7-14(19)20)9-11-5-3-4-6-12(11)13/h3-6,13H,2,7-10H2,1H3,(H,17,22)(H,19,20). The number of nitrogens with zero attached hydrogens (tertiary/aromatic N) is 1. The van der Waals surface area contributed by atoms with Crippen molar-refractivity contribution in [2.24, 2.45) is 0 Å². The first-order valence-electron chi connectivity index (χ1n) is 7.52. The van der Waals surface area contributed by atoms with Crippen LogP contribution in [-0.2, 0) is 20.9 Å². The van der Waals surface area contributed by atoms with Gasteiger partial charge in [0, 0.05) is 19.6 Å². The summed E-state index contributed by atoms with van der Waals surface area (Å²) in [5.41, 5.74) is 1.77. The SMILES string of the molecule is CCOC(=O)C1CN(C(=O)NCCC(=O)O)Cc2ccccc21. The number of aliphatic carboxylic acids is 1. The van der Waals surface area contributed by atoms with E-state index in [0.29, 0.717) is 6.54 Å². The number of hydrogen-bond acceptors (Lipinski definition) is 4. The minimum absolute atomic E-state index is 0.0520. The fourth-order valence-corrected chi connectivity index (χ4v) is 2.59. The van der Waals surface area contributed by atoms with E-state index in [1.165, 1.54) is 4.90 Å². The molecule has 1 aliphatic rings. The van der Waals surface area contributed by atoms with E-state index < -0.39 is 11.9 Å². The molecule has 0 fully saturated rings. The van der Waals surface area contributed by atoms with E-state index in [1.807, 2.05) is 24.3 Å². The van der Waals surface area contributed by atoms with Crippen molar-refractivity contribution < 1.29 is 24.2 Å². The van der Waals surface area contributed by atoms with Gasteiger partial charge in [0.1, 0.15) is 0 Å². The molecule has 0 saturated carbocycles. The van der Waals surface area contributed by atoms with E-state index in [1.54, 1.807) is 6.92 Å². The number of fused-ring (bicyclic) bond motifs is 1. The number of amides is 2. The monoisotopic (exact) mass is 320 g/mol. The molecule has 2 rings (SSSR count). The van der Waals surface area contributed by atoms with Gasteiger partial charge in [-0.05, 0) is 18.1 Å². The molecule has 1 unspecified atom stereocenters. The maximum Gasteiger partial charge on any atom is 0.317 e. The number of esters is 1. The van der Waals surface area contributed by atoms with Crippen molar-refractivity contribution in [3.05, 3.63) is 35.4 Å². The van der Waals surface area contributed by atoms with Gasteiger partial charge in [-0.3, -0.25) is 9.59 Å². The Hall–Kier alpha value is -2.57. The summed E-state index contributed by atoms with van der Waals surface area (Å²) in [5, 5.41) is 11.2. The molecule has 0 bridgehead atoms. The molecule has 1 heterocycles. The number of urea groups is 1. The van der Waals surface area contributed by atoms with Crippen molar-refractivity contribution >= 4 is 18.0 Å². The molecule has 0 radical (unpaired) electrons. The van der Waals surface area contributed by atoms with Crippen LogP contribution in [-0.4, -0.2) is 47.7 Å². The Kier molecular flexibility index (Phi) is 5.56. The van der Waals surface area contributed by atoms with Gasteiger partial charge in [-0.1, -0.05) is 24.3 Å². The Morgan fingerprint density at radius 3 is 2.78 bits per heavy atom.